The van der Waals surface area contributed by atoms with E-state index in [1.54, 1.807) is 0 Å². The van der Waals surface area contributed by atoms with Gasteiger partial charge in [-0.2, -0.15) is 5.26 Å². The van der Waals surface area contributed by atoms with Crippen molar-refractivity contribution in [1.29, 1.82) is 5.26 Å². The molecule has 2 aliphatic carbocycles. The van der Waals surface area contributed by atoms with Crippen LogP contribution in [0.5, 0.6) is 5.75 Å². The van der Waals surface area contributed by atoms with Gasteiger partial charge in [0, 0.05) is 30.6 Å². The normalized spacial score (nSPS) is 22.6. The van der Waals surface area contributed by atoms with Gasteiger partial charge in [0.15, 0.2) is 15.7 Å². The number of anilines is 1. The van der Waals surface area contributed by atoms with E-state index in [0.29, 0.717) is 37.4 Å². The summed E-state index contributed by atoms with van der Waals surface area (Å²) in [6, 6.07) is 10.2. The number of carbonyl (C=O) groups excluding carboxylic acids is 1. The molecule has 0 radical (unpaired) electrons. The number of benzene rings is 1. The molecule has 6 rings (SSSR count). The summed E-state index contributed by atoms with van der Waals surface area (Å²) in [5.41, 5.74) is 2.03. The number of rotatable bonds is 7. The minimum Gasteiger partial charge on any atom is -0.494 e. The maximum absolute atomic E-state index is 15.1. The average Bonchev–Trinajstić information content (AvgIpc) is 3.64. The van der Waals surface area contributed by atoms with Crippen molar-refractivity contribution in [3.05, 3.63) is 48.2 Å². The lowest BCUT2D eigenvalue weighted by Crippen LogP contribution is -2.42. The number of nitrogens with zero attached hydrogens (tertiary/aromatic N) is 4. The number of nitrogens with one attached hydrogen (secondary N) is 1. The third kappa shape index (κ3) is 5.60. The minimum absolute atomic E-state index is 0.123. The van der Waals surface area contributed by atoms with Gasteiger partial charge in [0.2, 0.25) is 5.91 Å². The molecular weight excluding hydrogens is 577 g/mol. The monoisotopic (exact) mass is 609 g/mol. The van der Waals surface area contributed by atoms with Crippen molar-refractivity contribution in [1.82, 2.24) is 15.3 Å². The first-order valence-electron chi connectivity index (χ1n) is 14.2. The predicted octanol–water partition coefficient (Wildman–Crippen LogP) is 4.70. The van der Waals surface area contributed by atoms with E-state index in [4.69, 9.17) is 9.72 Å². The highest BCUT2D eigenvalue weighted by Crippen LogP contribution is 2.48. The van der Waals surface area contributed by atoms with E-state index in [9.17, 15) is 18.5 Å². The lowest BCUT2D eigenvalue weighted by molar-refractivity contribution is -0.127. The van der Waals surface area contributed by atoms with E-state index in [2.05, 4.69) is 21.3 Å². The number of halogens is 1. The van der Waals surface area contributed by atoms with Gasteiger partial charge in [-0.25, -0.2) is 17.8 Å². The van der Waals surface area contributed by atoms with Gasteiger partial charge in [0.05, 0.1) is 53.2 Å². The Kier molecular flexibility index (Phi) is 7.66. The Morgan fingerprint density at radius 2 is 1.88 bits per heavy atom. The molecule has 12 heteroatoms. The lowest BCUT2D eigenvalue weighted by atomic mass is 9.76. The first-order chi connectivity index (χ1) is 20.2. The number of ether oxygens (including phenoxy) is 1. The molecule has 0 unspecified atom stereocenters. The summed E-state index contributed by atoms with van der Waals surface area (Å²) >= 11 is 1.35. The first kappa shape index (κ1) is 28.6. The number of nitriles is 1. The van der Waals surface area contributed by atoms with Crippen LogP contribution in [0.15, 0.2) is 36.7 Å². The highest BCUT2D eigenvalue weighted by Gasteiger charge is 2.47. The SMILES string of the molecule is COc1cncc(F)c1-c1nc([C@@H]2CCCC[C@H]2C(=O)NC2(C#N)CC2)c(-c2ccc(N3CCS(=O)(=O)CC3)cc2)s1. The molecule has 42 heavy (non-hydrogen) atoms. The zero-order valence-corrected chi connectivity index (χ0v) is 24.9. The molecule has 1 saturated heterocycles. The number of carbonyl (C=O) groups is 1. The second-order valence-electron chi connectivity index (χ2n) is 11.3. The highest BCUT2D eigenvalue weighted by atomic mass is 32.2. The number of aromatic nitrogens is 2. The smallest absolute Gasteiger partial charge is 0.225 e. The largest absolute Gasteiger partial charge is 0.494 e. The van der Waals surface area contributed by atoms with Crippen LogP contribution in [0.25, 0.3) is 21.0 Å². The number of hydrogen-bond acceptors (Lipinski definition) is 9. The van der Waals surface area contributed by atoms with E-state index in [1.165, 1.54) is 24.6 Å². The molecule has 2 aromatic heterocycles. The average molecular weight is 610 g/mol. The fourth-order valence-corrected chi connectivity index (χ4v) is 8.36. The molecule has 220 valence electrons. The molecular formula is C30H32FN5O4S2. The Hall–Kier alpha value is -3.56. The number of methoxy groups -OCH3 is 1. The van der Waals surface area contributed by atoms with Gasteiger partial charge in [0.1, 0.15) is 16.3 Å². The van der Waals surface area contributed by atoms with Gasteiger partial charge < -0.3 is 15.0 Å². The quantitative estimate of drug-likeness (QED) is 0.409. The number of hydrogen-bond donors (Lipinski definition) is 1. The second-order valence-corrected chi connectivity index (χ2v) is 14.6. The van der Waals surface area contributed by atoms with Gasteiger partial charge >= 0.3 is 0 Å². The number of sulfone groups is 1. The van der Waals surface area contributed by atoms with Crippen molar-refractivity contribution in [3.63, 3.8) is 0 Å². The van der Waals surface area contributed by atoms with Gasteiger partial charge in [0.25, 0.3) is 0 Å². The van der Waals surface area contributed by atoms with Crippen molar-refractivity contribution in [2.75, 3.05) is 36.6 Å². The molecule has 1 amide bonds. The van der Waals surface area contributed by atoms with Crippen LogP contribution in [0.2, 0.25) is 0 Å². The summed E-state index contributed by atoms with van der Waals surface area (Å²) in [7, 11) is -1.53. The molecule has 1 N–H and O–H groups in total. The number of thiazole rings is 1. The number of amides is 1. The summed E-state index contributed by atoms with van der Waals surface area (Å²) in [6.45, 7) is 0.892. The molecule has 1 aliphatic heterocycles. The molecule has 0 spiro atoms. The fraction of sp³-hybridized carbons (Fsp3) is 0.467. The topological polar surface area (TPSA) is 125 Å². The molecule has 3 heterocycles. The molecule has 3 fully saturated rings. The van der Waals surface area contributed by atoms with E-state index >= 15 is 4.39 Å². The van der Waals surface area contributed by atoms with Gasteiger partial charge in [-0.15, -0.1) is 11.3 Å². The summed E-state index contributed by atoms with van der Waals surface area (Å²) < 4.78 is 44.4. The fourth-order valence-electron chi connectivity index (χ4n) is 5.96. The zero-order chi connectivity index (χ0) is 29.5. The van der Waals surface area contributed by atoms with Crippen LogP contribution in [-0.4, -0.2) is 61.5 Å². The van der Waals surface area contributed by atoms with E-state index in [0.717, 1.165) is 47.3 Å². The molecule has 9 nitrogen and oxygen atoms in total. The maximum Gasteiger partial charge on any atom is 0.225 e. The summed E-state index contributed by atoms with van der Waals surface area (Å²) in [6.07, 6.45) is 7.21. The maximum atomic E-state index is 15.1. The zero-order valence-electron chi connectivity index (χ0n) is 23.3. The number of pyridine rings is 1. The standard InChI is InChI=1S/C30H32FN5O4S2/c1-40-24-17-33-16-23(31)25(24)29-34-26(21-4-2-3-5-22(21)28(37)35-30(18-32)10-11-30)27(41-29)19-6-8-20(9-7-19)36-12-14-42(38,39)15-13-36/h6-9,16-17,21-22H,2-5,10-15H2,1H3,(H,35,37)/t21-,22-/m1/s1. The van der Waals surface area contributed by atoms with Gasteiger partial charge in [-0.05, 0) is 43.4 Å². The van der Waals surface area contributed by atoms with Crippen LogP contribution < -0.4 is 15.0 Å². The minimum atomic E-state index is -2.99. The third-order valence-electron chi connectivity index (χ3n) is 8.57. The first-order valence-corrected chi connectivity index (χ1v) is 16.8. The van der Waals surface area contributed by atoms with Crippen LogP contribution in [0, 0.1) is 23.1 Å². The third-order valence-corrected chi connectivity index (χ3v) is 11.3. The van der Waals surface area contributed by atoms with E-state index in [-0.39, 0.29) is 40.6 Å². The molecule has 1 aromatic carbocycles. The Labute approximate surface area is 248 Å². The molecule has 2 atom stereocenters. The van der Waals surface area contributed by atoms with Crippen molar-refractivity contribution in [2.24, 2.45) is 5.92 Å². The molecule has 0 bridgehead atoms. The van der Waals surface area contributed by atoms with Crippen LogP contribution in [0.4, 0.5) is 10.1 Å². The van der Waals surface area contributed by atoms with Crippen LogP contribution in [0.1, 0.15) is 50.1 Å². The lowest BCUT2D eigenvalue weighted by Gasteiger charge is -2.31. The van der Waals surface area contributed by atoms with E-state index < -0.39 is 21.2 Å². The van der Waals surface area contributed by atoms with Crippen molar-refractivity contribution in [2.45, 2.75) is 50.0 Å². The molecule has 3 aliphatic rings. The van der Waals surface area contributed by atoms with Crippen LogP contribution in [0.3, 0.4) is 0 Å². The van der Waals surface area contributed by atoms with Gasteiger partial charge in [-0.3, -0.25) is 9.78 Å². The summed E-state index contributed by atoms with van der Waals surface area (Å²) in [5.74, 6) is -0.668. The van der Waals surface area contributed by atoms with E-state index in [1.807, 2.05) is 24.3 Å². The Bertz CT molecular complexity index is 1630. The van der Waals surface area contributed by atoms with Crippen LogP contribution >= 0.6 is 11.3 Å². The summed E-state index contributed by atoms with van der Waals surface area (Å²) in [5, 5.41) is 13.0. The predicted molar refractivity (Wildman–Crippen MR) is 159 cm³/mol. The second kappa shape index (κ2) is 11.3. The van der Waals surface area contributed by atoms with Crippen molar-refractivity contribution < 1.29 is 22.3 Å². The Balaban J connectivity index is 1.39. The van der Waals surface area contributed by atoms with Gasteiger partial charge in [-0.1, -0.05) is 25.0 Å². The Morgan fingerprint density at radius 3 is 2.55 bits per heavy atom. The van der Waals surface area contributed by atoms with Crippen molar-refractivity contribution in [3.8, 4) is 32.8 Å². The van der Waals surface area contributed by atoms with Crippen LogP contribution in [-0.2, 0) is 14.6 Å². The Morgan fingerprint density at radius 1 is 1.17 bits per heavy atom. The molecule has 2 saturated carbocycles. The molecule has 3 aromatic rings. The van der Waals surface area contributed by atoms with Crippen molar-refractivity contribution >= 4 is 32.8 Å². The summed E-state index contributed by atoms with van der Waals surface area (Å²) in [4.78, 5) is 25.3. The highest BCUT2D eigenvalue weighted by molar-refractivity contribution is 7.91.